The van der Waals surface area contributed by atoms with Gasteiger partial charge in [-0.2, -0.15) is 0 Å². The van der Waals surface area contributed by atoms with E-state index in [4.69, 9.17) is 9.84 Å². The smallest absolute Gasteiger partial charge is 0.133 e. The summed E-state index contributed by atoms with van der Waals surface area (Å²) in [6.07, 6.45) is 0. The second-order valence-corrected chi connectivity index (χ2v) is 5.00. The Hall–Kier alpha value is -0.580. The summed E-state index contributed by atoms with van der Waals surface area (Å²) < 4.78 is 6.58. The molecule has 96 valence electrons. The first-order valence-corrected chi connectivity index (χ1v) is 6.69. The SMILES string of the molecule is CCNCc1ccc(OCC(C)CO)c(Br)c1. The molecule has 2 N–H and O–H groups in total. The first-order chi connectivity index (χ1) is 8.17. The van der Waals surface area contributed by atoms with Gasteiger partial charge in [0.05, 0.1) is 11.1 Å². The molecule has 0 aliphatic rings. The Morgan fingerprint density at radius 1 is 1.47 bits per heavy atom. The lowest BCUT2D eigenvalue weighted by molar-refractivity contribution is 0.174. The van der Waals surface area contributed by atoms with Crippen molar-refractivity contribution in [1.29, 1.82) is 0 Å². The van der Waals surface area contributed by atoms with Crippen molar-refractivity contribution in [2.75, 3.05) is 19.8 Å². The van der Waals surface area contributed by atoms with Gasteiger partial charge in [0.2, 0.25) is 0 Å². The molecule has 0 heterocycles. The van der Waals surface area contributed by atoms with Crippen LogP contribution in [0.15, 0.2) is 22.7 Å². The second kappa shape index (κ2) is 7.69. The van der Waals surface area contributed by atoms with Crippen LogP contribution in [-0.4, -0.2) is 24.9 Å². The third kappa shape index (κ3) is 5.06. The topological polar surface area (TPSA) is 41.5 Å². The Kier molecular flexibility index (Phi) is 6.55. The van der Waals surface area contributed by atoms with Crippen LogP contribution in [0.2, 0.25) is 0 Å². The molecule has 0 saturated heterocycles. The average molecular weight is 302 g/mol. The van der Waals surface area contributed by atoms with E-state index in [1.165, 1.54) is 5.56 Å². The van der Waals surface area contributed by atoms with E-state index >= 15 is 0 Å². The summed E-state index contributed by atoms with van der Waals surface area (Å²) in [6, 6.07) is 6.06. The number of ether oxygens (including phenoxy) is 1. The van der Waals surface area contributed by atoms with E-state index in [9.17, 15) is 0 Å². The predicted molar refractivity (Wildman–Crippen MR) is 73.3 cm³/mol. The van der Waals surface area contributed by atoms with Gasteiger partial charge in [-0.15, -0.1) is 0 Å². The summed E-state index contributed by atoms with van der Waals surface area (Å²) in [5.74, 6) is 0.980. The zero-order chi connectivity index (χ0) is 12.7. The highest BCUT2D eigenvalue weighted by Crippen LogP contribution is 2.26. The molecular formula is C13H20BrNO2. The van der Waals surface area contributed by atoms with Crippen molar-refractivity contribution in [3.63, 3.8) is 0 Å². The molecule has 0 aliphatic carbocycles. The molecule has 4 heteroatoms. The van der Waals surface area contributed by atoms with Crippen LogP contribution in [0.3, 0.4) is 0 Å². The molecule has 0 aromatic heterocycles. The lowest BCUT2D eigenvalue weighted by atomic mass is 10.2. The first-order valence-electron chi connectivity index (χ1n) is 5.90. The minimum atomic E-state index is 0.149. The van der Waals surface area contributed by atoms with Crippen LogP contribution in [0.5, 0.6) is 5.75 Å². The van der Waals surface area contributed by atoms with Crippen molar-refractivity contribution < 1.29 is 9.84 Å². The molecule has 1 aromatic carbocycles. The van der Waals surface area contributed by atoms with Gasteiger partial charge < -0.3 is 15.2 Å². The molecule has 0 radical (unpaired) electrons. The van der Waals surface area contributed by atoms with Crippen LogP contribution in [0.1, 0.15) is 19.4 Å². The molecule has 0 amide bonds. The van der Waals surface area contributed by atoms with Crippen LogP contribution in [0.4, 0.5) is 0 Å². The largest absolute Gasteiger partial charge is 0.492 e. The monoisotopic (exact) mass is 301 g/mol. The van der Waals surface area contributed by atoms with Crippen molar-refractivity contribution in [3.05, 3.63) is 28.2 Å². The molecule has 1 aromatic rings. The Morgan fingerprint density at radius 3 is 2.82 bits per heavy atom. The fourth-order valence-electron chi connectivity index (χ4n) is 1.33. The summed E-state index contributed by atoms with van der Waals surface area (Å²) in [7, 11) is 0. The van der Waals surface area contributed by atoms with Gasteiger partial charge in [0, 0.05) is 19.1 Å². The summed E-state index contributed by atoms with van der Waals surface area (Å²) in [4.78, 5) is 0. The van der Waals surface area contributed by atoms with Gasteiger partial charge in [-0.1, -0.05) is 19.9 Å². The van der Waals surface area contributed by atoms with Crippen molar-refractivity contribution >= 4 is 15.9 Å². The Morgan fingerprint density at radius 2 is 2.24 bits per heavy atom. The number of benzene rings is 1. The van der Waals surface area contributed by atoms with Gasteiger partial charge in [0.1, 0.15) is 5.75 Å². The van der Waals surface area contributed by atoms with Gasteiger partial charge in [0.15, 0.2) is 0 Å². The molecule has 1 unspecified atom stereocenters. The number of aliphatic hydroxyl groups excluding tert-OH is 1. The van der Waals surface area contributed by atoms with E-state index < -0.39 is 0 Å². The third-order valence-corrected chi connectivity index (χ3v) is 3.03. The predicted octanol–water partition coefficient (Wildman–Crippen LogP) is 2.57. The zero-order valence-corrected chi connectivity index (χ0v) is 12.0. The van der Waals surface area contributed by atoms with Crippen LogP contribution in [0.25, 0.3) is 0 Å². The summed E-state index contributed by atoms with van der Waals surface area (Å²) in [5, 5.41) is 12.2. The van der Waals surface area contributed by atoms with Crippen LogP contribution < -0.4 is 10.1 Å². The lowest BCUT2D eigenvalue weighted by Gasteiger charge is -2.12. The fraction of sp³-hybridized carbons (Fsp3) is 0.538. The molecular weight excluding hydrogens is 282 g/mol. The quantitative estimate of drug-likeness (QED) is 0.813. The van der Waals surface area contributed by atoms with Gasteiger partial charge in [0.25, 0.3) is 0 Å². The zero-order valence-electron chi connectivity index (χ0n) is 10.4. The van der Waals surface area contributed by atoms with Gasteiger partial charge in [-0.25, -0.2) is 0 Å². The minimum Gasteiger partial charge on any atom is -0.492 e. The summed E-state index contributed by atoms with van der Waals surface area (Å²) >= 11 is 3.50. The maximum Gasteiger partial charge on any atom is 0.133 e. The molecule has 0 spiro atoms. The van der Waals surface area contributed by atoms with Gasteiger partial charge in [-0.3, -0.25) is 0 Å². The number of hydrogen-bond donors (Lipinski definition) is 2. The van der Waals surface area contributed by atoms with Crippen LogP contribution >= 0.6 is 15.9 Å². The molecule has 1 rings (SSSR count). The molecule has 0 fully saturated rings. The van der Waals surface area contributed by atoms with E-state index in [-0.39, 0.29) is 12.5 Å². The van der Waals surface area contributed by atoms with E-state index in [0.29, 0.717) is 6.61 Å². The molecule has 0 bridgehead atoms. The lowest BCUT2D eigenvalue weighted by Crippen LogP contribution is -2.13. The molecule has 1 atom stereocenters. The minimum absolute atomic E-state index is 0.149. The Bertz CT molecular complexity index is 344. The highest BCUT2D eigenvalue weighted by atomic mass is 79.9. The van der Waals surface area contributed by atoms with Crippen molar-refractivity contribution in [1.82, 2.24) is 5.32 Å². The normalized spacial score (nSPS) is 12.5. The number of nitrogens with one attached hydrogen (secondary N) is 1. The molecule has 3 nitrogen and oxygen atoms in total. The number of hydrogen-bond acceptors (Lipinski definition) is 3. The van der Waals surface area contributed by atoms with E-state index in [2.05, 4.69) is 34.2 Å². The average Bonchev–Trinajstić information content (AvgIpc) is 2.34. The molecule has 17 heavy (non-hydrogen) atoms. The van der Waals surface area contributed by atoms with Crippen LogP contribution in [-0.2, 0) is 6.54 Å². The number of aliphatic hydroxyl groups is 1. The summed E-state index contributed by atoms with van der Waals surface area (Å²) in [5.41, 5.74) is 1.22. The van der Waals surface area contributed by atoms with E-state index in [1.54, 1.807) is 0 Å². The van der Waals surface area contributed by atoms with Gasteiger partial charge >= 0.3 is 0 Å². The second-order valence-electron chi connectivity index (χ2n) is 4.14. The standard InChI is InChI=1S/C13H20BrNO2/c1-3-15-7-11-4-5-13(12(14)6-11)17-9-10(2)8-16/h4-6,10,15-16H,3,7-9H2,1-2H3. The Balaban J connectivity index is 2.56. The Labute approximate surface area is 111 Å². The maximum absolute atomic E-state index is 8.92. The first kappa shape index (κ1) is 14.5. The number of halogens is 1. The van der Waals surface area contributed by atoms with Gasteiger partial charge in [-0.05, 0) is 40.2 Å². The third-order valence-electron chi connectivity index (χ3n) is 2.41. The van der Waals surface area contributed by atoms with Crippen molar-refractivity contribution in [2.24, 2.45) is 5.92 Å². The fourth-order valence-corrected chi connectivity index (χ4v) is 1.87. The molecule has 0 saturated carbocycles. The highest BCUT2D eigenvalue weighted by molar-refractivity contribution is 9.10. The van der Waals surface area contributed by atoms with E-state index in [1.807, 2.05) is 19.1 Å². The highest BCUT2D eigenvalue weighted by Gasteiger charge is 2.05. The van der Waals surface area contributed by atoms with Crippen molar-refractivity contribution in [2.45, 2.75) is 20.4 Å². The number of rotatable bonds is 7. The van der Waals surface area contributed by atoms with Crippen LogP contribution in [0, 0.1) is 5.92 Å². The molecule has 0 aliphatic heterocycles. The summed E-state index contributed by atoms with van der Waals surface area (Å²) in [6.45, 7) is 6.54. The van der Waals surface area contributed by atoms with E-state index in [0.717, 1.165) is 23.3 Å². The maximum atomic E-state index is 8.92. The van der Waals surface area contributed by atoms with Crippen molar-refractivity contribution in [3.8, 4) is 5.75 Å².